The quantitative estimate of drug-likeness (QED) is 0.463. The summed E-state index contributed by atoms with van der Waals surface area (Å²) in [6.45, 7) is 1.79. The predicted molar refractivity (Wildman–Crippen MR) is 37.4 cm³/mol. The Hall–Kier alpha value is -0.140. The van der Waals surface area contributed by atoms with Crippen molar-refractivity contribution in [2.75, 3.05) is 0 Å². The molecular formula is C8H14F2. The van der Waals surface area contributed by atoms with E-state index in [0.717, 1.165) is 0 Å². The summed E-state index contributed by atoms with van der Waals surface area (Å²) in [6, 6.07) is 0. The smallest absolute Gasteiger partial charge is 0.103 e. The molecule has 1 saturated carbocycles. The molecular weight excluding hydrogens is 134 g/mol. The summed E-state index contributed by atoms with van der Waals surface area (Å²) in [5.74, 6) is -0.0718. The number of halogens is 2. The summed E-state index contributed by atoms with van der Waals surface area (Å²) in [7, 11) is 0. The van der Waals surface area contributed by atoms with Gasteiger partial charge in [0, 0.05) is 0 Å². The van der Waals surface area contributed by atoms with E-state index in [-0.39, 0.29) is 5.92 Å². The number of alkyl halides is 2. The lowest BCUT2D eigenvalue weighted by Gasteiger charge is -2.12. The molecule has 0 nitrogen and oxygen atoms in total. The molecule has 0 N–H and O–H groups in total. The third kappa shape index (κ3) is 1.93. The topological polar surface area (TPSA) is 0 Å². The highest BCUT2D eigenvalue weighted by Crippen LogP contribution is 2.27. The monoisotopic (exact) mass is 148 g/mol. The molecule has 1 fully saturated rings. The summed E-state index contributed by atoms with van der Waals surface area (Å²) in [4.78, 5) is 0. The van der Waals surface area contributed by atoms with Crippen LogP contribution in [0.3, 0.4) is 0 Å². The van der Waals surface area contributed by atoms with Crippen LogP contribution in [0, 0.1) is 5.92 Å². The van der Waals surface area contributed by atoms with Gasteiger partial charge < -0.3 is 0 Å². The first-order valence-corrected chi connectivity index (χ1v) is 3.98. The highest BCUT2D eigenvalue weighted by atomic mass is 19.1. The zero-order valence-corrected chi connectivity index (χ0v) is 6.32. The minimum Gasteiger partial charge on any atom is -0.247 e. The van der Waals surface area contributed by atoms with E-state index in [1.807, 2.05) is 0 Å². The van der Waals surface area contributed by atoms with Crippen molar-refractivity contribution in [1.82, 2.24) is 0 Å². The van der Waals surface area contributed by atoms with E-state index in [9.17, 15) is 8.78 Å². The molecule has 3 unspecified atom stereocenters. The third-order valence-electron chi connectivity index (χ3n) is 2.24. The molecule has 2 heteroatoms. The summed E-state index contributed by atoms with van der Waals surface area (Å²) < 4.78 is 25.5. The van der Waals surface area contributed by atoms with Gasteiger partial charge in [-0.25, -0.2) is 8.78 Å². The third-order valence-corrected chi connectivity index (χ3v) is 2.24. The molecule has 1 aliphatic rings. The second-order valence-electron chi connectivity index (χ2n) is 3.26. The van der Waals surface area contributed by atoms with Crippen molar-refractivity contribution in [3.05, 3.63) is 0 Å². The predicted octanol–water partition coefficient (Wildman–Crippen LogP) is 2.87. The van der Waals surface area contributed by atoms with E-state index >= 15 is 0 Å². The molecule has 0 aromatic heterocycles. The Balaban J connectivity index is 2.41. The van der Waals surface area contributed by atoms with Crippen LogP contribution in [0.25, 0.3) is 0 Å². The van der Waals surface area contributed by atoms with Gasteiger partial charge in [0.15, 0.2) is 0 Å². The highest BCUT2D eigenvalue weighted by Gasteiger charge is 2.24. The molecule has 0 aromatic rings. The second kappa shape index (κ2) is 3.31. The van der Waals surface area contributed by atoms with Crippen LogP contribution in [0.2, 0.25) is 0 Å². The van der Waals surface area contributed by atoms with Crippen LogP contribution in [-0.2, 0) is 0 Å². The summed E-state index contributed by atoms with van der Waals surface area (Å²) in [5.41, 5.74) is 0. The maximum Gasteiger partial charge on any atom is 0.103 e. The van der Waals surface area contributed by atoms with Crippen LogP contribution in [0.1, 0.15) is 32.6 Å². The largest absolute Gasteiger partial charge is 0.247 e. The van der Waals surface area contributed by atoms with Gasteiger partial charge in [-0.3, -0.25) is 0 Å². The van der Waals surface area contributed by atoms with Gasteiger partial charge in [0.05, 0.1) is 0 Å². The van der Waals surface area contributed by atoms with Crippen molar-refractivity contribution < 1.29 is 8.78 Å². The molecule has 60 valence electrons. The summed E-state index contributed by atoms with van der Waals surface area (Å²) >= 11 is 0. The Morgan fingerprint density at radius 2 is 1.90 bits per heavy atom. The number of hydrogen-bond donors (Lipinski definition) is 0. The first-order valence-electron chi connectivity index (χ1n) is 3.98. The van der Waals surface area contributed by atoms with Gasteiger partial charge >= 0.3 is 0 Å². The summed E-state index contributed by atoms with van der Waals surface area (Å²) in [5, 5.41) is 0. The molecule has 0 aliphatic heterocycles. The van der Waals surface area contributed by atoms with Gasteiger partial charge in [-0.05, 0) is 31.6 Å². The van der Waals surface area contributed by atoms with Gasteiger partial charge in [-0.1, -0.05) is 6.92 Å². The zero-order valence-electron chi connectivity index (χ0n) is 6.32. The van der Waals surface area contributed by atoms with E-state index in [0.29, 0.717) is 25.7 Å². The first kappa shape index (κ1) is 7.96. The molecule has 0 saturated heterocycles. The van der Waals surface area contributed by atoms with Gasteiger partial charge in [0.1, 0.15) is 12.3 Å². The van der Waals surface area contributed by atoms with Crippen molar-refractivity contribution in [1.29, 1.82) is 0 Å². The van der Waals surface area contributed by atoms with Crippen LogP contribution < -0.4 is 0 Å². The second-order valence-corrected chi connectivity index (χ2v) is 3.26. The van der Waals surface area contributed by atoms with E-state index in [2.05, 4.69) is 0 Å². The standard InChI is InChI=1S/C8H14F2/c1-6-5-7(9)3-2-4-8(6)10/h6-8H,2-5H2,1H3. The summed E-state index contributed by atoms with van der Waals surface area (Å²) in [6.07, 6.45) is 0.733. The van der Waals surface area contributed by atoms with Crippen LogP contribution in [0.4, 0.5) is 8.78 Å². The zero-order chi connectivity index (χ0) is 7.56. The average Bonchev–Trinajstić information content (AvgIpc) is 1.96. The Bertz CT molecular complexity index is 103. The Morgan fingerprint density at radius 3 is 2.60 bits per heavy atom. The molecule has 1 rings (SSSR count). The van der Waals surface area contributed by atoms with Crippen LogP contribution in [-0.4, -0.2) is 12.3 Å². The van der Waals surface area contributed by atoms with Crippen LogP contribution >= 0.6 is 0 Å². The number of hydrogen-bond acceptors (Lipinski definition) is 0. The first-order chi connectivity index (χ1) is 4.70. The molecule has 0 aromatic carbocycles. The molecule has 0 heterocycles. The van der Waals surface area contributed by atoms with E-state index < -0.39 is 12.3 Å². The van der Waals surface area contributed by atoms with Crippen LogP contribution in [0.15, 0.2) is 0 Å². The highest BCUT2D eigenvalue weighted by molar-refractivity contribution is 4.74. The molecule has 1 aliphatic carbocycles. The van der Waals surface area contributed by atoms with Gasteiger partial charge in [0.25, 0.3) is 0 Å². The van der Waals surface area contributed by atoms with E-state index in [4.69, 9.17) is 0 Å². The van der Waals surface area contributed by atoms with E-state index in [1.54, 1.807) is 6.92 Å². The molecule has 3 atom stereocenters. The SMILES string of the molecule is CC1CC(F)CCCC1F. The van der Waals surface area contributed by atoms with Crippen molar-refractivity contribution in [3.8, 4) is 0 Å². The Kier molecular flexibility index (Phi) is 2.64. The minimum absolute atomic E-state index is 0.0718. The lowest BCUT2D eigenvalue weighted by molar-refractivity contribution is 0.203. The van der Waals surface area contributed by atoms with Gasteiger partial charge in [-0.15, -0.1) is 0 Å². The lowest BCUT2D eigenvalue weighted by Crippen LogP contribution is -2.12. The van der Waals surface area contributed by atoms with Gasteiger partial charge in [0.2, 0.25) is 0 Å². The minimum atomic E-state index is -0.763. The fourth-order valence-corrected chi connectivity index (χ4v) is 1.49. The number of rotatable bonds is 0. The van der Waals surface area contributed by atoms with Crippen molar-refractivity contribution in [3.63, 3.8) is 0 Å². The maximum absolute atomic E-state index is 12.8. The van der Waals surface area contributed by atoms with Crippen molar-refractivity contribution in [2.45, 2.75) is 45.0 Å². The van der Waals surface area contributed by atoms with Crippen LogP contribution in [0.5, 0.6) is 0 Å². The average molecular weight is 148 g/mol. The molecule has 0 radical (unpaired) electrons. The van der Waals surface area contributed by atoms with Crippen molar-refractivity contribution in [2.24, 2.45) is 5.92 Å². The normalized spacial score (nSPS) is 42.9. The lowest BCUT2D eigenvalue weighted by atomic mass is 10.0. The fourth-order valence-electron chi connectivity index (χ4n) is 1.49. The Morgan fingerprint density at radius 1 is 1.20 bits per heavy atom. The molecule has 0 spiro atoms. The fraction of sp³-hybridized carbons (Fsp3) is 1.00. The maximum atomic E-state index is 12.8. The Labute approximate surface area is 60.6 Å². The van der Waals surface area contributed by atoms with Gasteiger partial charge in [-0.2, -0.15) is 0 Å². The van der Waals surface area contributed by atoms with Crippen molar-refractivity contribution >= 4 is 0 Å². The molecule has 10 heavy (non-hydrogen) atoms. The molecule has 0 amide bonds. The van der Waals surface area contributed by atoms with E-state index in [1.165, 1.54) is 0 Å². The molecule has 0 bridgehead atoms.